The Labute approximate surface area is 152 Å². The number of carboxylic acids is 1. The second kappa shape index (κ2) is 7.65. The van der Waals surface area contributed by atoms with E-state index in [2.05, 4.69) is 28.0 Å². The van der Waals surface area contributed by atoms with E-state index in [4.69, 9.17) is 22.1 Å². The van der Waals surface area contributed by atoms with Crippen molar-refractivity contribution in [2.45, 2.75) is 25.8 Å². The van der Waals surface area contributed by atoms with Crippen LogP contribution in [0.5, 0.6) is 5.75 Å². The van der Waals surface area contributed by atoms with E-state index in [1.165, 1.54) is 6.42 Å². The zero-order valence-electron chi connectivity index (χ0n) is 13.9. The van der Waals surface area contributed by atoms with Gasteiger partial charge in [-0.15, -0.1) is 0 Å². The maximum absolute atomic E-state index is 10.7. The predicted octanol–water partition coefficient (Wildman–Crippen LogP) is 2.30. The van der Waals surface area contributed by atoms with E-state index < -0.39 is 12.6 Å². The summed E-state index contributed by atoms with van der Waals surface area (Å²) in [5.41, 5.74) is 4.26. The second-order valence-electron chi connectivity index (χ2n) is 6.35. The number of carboxylic acid groups (broad SMARTS) is 1. The lowest BCUT2D eigenvalue weighted by molar-refractivity contribution is -0.139. The van der Waals surface area contributed by atoms with Crippen molar-refractivity contribution in [3.63, 3.8) is 0 Å². The van der Waals surface area contributed by atoms with Gasteiger partial charge in [0.15, 0.2) is 11.7 Å². The third-order valence-electron chi connectivity index (χ3n) is 4.55. The molecule has 0 aliphatic heterocycles. The summed E-state index contributed by atoms with van der Waals surface area (Å²) in [5, 5.41) is 16.9. The normalized spacial score (nSPS) is 24.2. The van der Waals surface area contributed by atoms with Crippen LogP contribution in [0.4, 0.5) is 0 Å². The van der Waals surface area contributed by atoms with Crippen LogP contribution in [0, 0.1) is 11.8 Å². The molecule has 0 heterocycles. The Hall–Kier alpha value is -2.41. The van der Waals surface area contributed by atoms with E-state index in [1.807, 2.05) is 19.1 Å². The molecule has 0 saturated heterocycles. The van der Waals surface area contributed by atoms with Crippen molar-refractivity contribution in [2.75, 3.05) is 6.61 Å². The van der Waals surface area contributed by atoms with Crippen molar-refractivity contribution in [1.82, 2.24) is 10.7 Å². The zero-order chi connectivity index (χ0) is 17.8. The van der Waals surface area contributed by atoms with Gasteiger partial charge in [0.25, 0.3) is 0 Å². The highest BCUT2D eigenvalue weighted by Gasteiger charge is 2.35. The molecule has 0 spiro atoms. The van der Waals surface area contributed by atoms with Gasteiger partial charge in [-0.05, 0) is 56.0 Å². The maximum Gasteiger partial charge on any atom is 0.341 e. The fourth-order valence-electron chi connectivity index (χ4n) is 3.37. The van der Waals surface area contributed by atoms with Gasteiger partial charge in [0.1, 0.15) is 5.75 Å². The first-order valence-electron chi connectivity index (χ1n) is 8.26. The summed E-state index contributed by atoms with van der Waals surface area (Å²) < 4.78 is 5.30. The highest BCUT2D eigenvalue weighted by molar-refractivity contribution is 7.80. The fourth-order valence-corrected chi connectivity index (χ4v) is 3.57. The third kappa shape index (κ3) is 4.36. The molecule has 1 saturated carbocycles. The number of allylic oxidation sites excluding steroid dienone is 1. The first-order chi connectivity index (χ1) is 12.0. The summed E-state index contributed by atoms with van der Waals surface area (Å²) in [6, 6.07) is 7.55. The van der Waals surface area contributed by atoms with Gasteiger partial charge in [-0.25, -0.2) is 4.79 Å². The predicted molar refractivity (Wildman–Crippen MR) is 99.8 cm³/mol. The average molecular weight is 359 g/mol. The minimum absolute atomic E-state index is 0.372. The third-order valence-corrected chi connectivity index (χ3v) is 4.76. The van der Waals surface area contributed by atoms with Crippen molar-refractivity contribution >= 4 is 29.0 Å². The van der Waals surface area contributed by atoms with Gasteiger partial charge in [-0.2, -0.15) is 5.10 Å². The number of benzene rings is 1. The van der Waals surface area contributed by atoms with Crippen LogP contribution in [0.2, 0.25) is 0 Å². The van der Waals surface area contributed by atoms with Gasteiger partial charge >= 0.3 is 5.97 Å². The molecule has 3 rings (SSSR count). The number of nitrogens with zero attached hydrogens (tertiary/aromatic N) is 1. The van der Waals surface area contributed by atoms with E-state index >= 15 is 0 Å². The fraction of sp³-hybridized carbons (Fsp3) is 0.389. The zero-order valence-corrected chi connectivity index (χ0v) is 14.8. The molecular weight excluding hydrogens is 338 g/mol. The summed E-state index contributed by atoms with van der Waals surface area (Å²) in [7, 11) is 0. The van der Waals surface area contributed by atoms with Gasteiger partial charge in [-0.1, -0.05) is 24.3 Å². The van der Waals surface area contributed by atoms with E-state index in [0.29, 0.717) is 34.5 Å². The van der Waals surface area contributed by atoms with Crippen LogP contribution in [-0.4, -0.2) is 34.5 Å². The molecule has 132 valence electrons. The summed E-state index contributed by atoms with van der Waals surface area (Å²) in [6.07, 6.45) is 6.86. The number of hydrogen-bond acceptors (Lipinski definition) is 4. The number of carbonyl (C=O) groups is 1. The molecule has 1 fully saturated rings. The van der Waals surface area contributed by atoms with E-state index in [9.17, 15) is 4.79 Å². The molecule has 7 heteroatoms. The number of hydrazone groups is 1. The molecule has 0 aromatic heterocycles. The van der Waals surface area contributed by atoms with Crippen LogP contribution in [0.3, 0.4) is 0 Å². The highest BCUT2D eigenvalue weighted by atomic mass is 32.1. The van der Waals surface area contributed by atoms with Crippen molar-refractivity contribution in [3.05, 3.63) is 42.0 Å². The highest BCUT2D eigenvalue weighted by Crippen LogP contribution is 2.38. The quantitative estimate of drug-likeness (QED) is 0.313. The Balaban J connectivity index is 1.58. The standard InChI is InChI=1S/C18H21N3O3S/c1-11(14-4-2-3-5-16(14)24-10-17(22)23)20-21-18(25)19-15-9-12-6-7-13(15)8-12/h2-7,12-13,15H,8-10H2,1H3,(H,22,23)(H2,19,21,25)/t12-,13-,15+/m0/s1. The van der Waals surface area contributed by atoms with Crippen molar-refractivity contribution < 1.29 is 14.6 Å². The average Bonchev–Trinajstić information content (AvgIpc) is 3.21. The van der Waals surface area contributed by atoms with Crippen LogP contribution in [0.15, 0.2) is 41.5 Å². The molecule has 0 radical (unpaired) electrons. The Kier molecular flexibility index (Phi) is 5.33. The molecule has 1 aromatic carbocycles. The summed E-state index contributed by atoms with van der Waals surface area (Å²) in [6.45, 7) is 1.42. The van der Waals surface area contributed by atoms with Gasteiger partial charge in [0.05, 0.1) is 5.71 Å². The Morgan fingerprint density at radius 1 is 1.36 bits per heavy atom. The van der Waals surface area contributed by atoms with Crippen LogP contribution in [-0.2, 0) is 4.79 Å². The smallest absolute Gasteiger partial charge is 0.341 e. The largest absolute Gasteiger partial charge is 0.481 e. The van der Waals surface area contributed by atoms with Crippen LogP contribution in [0.1, 0.15) is 25.3 Å². The Morgan fingerprint density at radius 3 is 2.84 bits per heavy atom. The van der Waals surface area contributed by atoms with Crippen molar-refractivity contribution in [3.8, 4) is 5.75 Å². The molecular formula is C18H21N3O3S. The first kappa shape index (κ1) is 17.4. The summed E-state index contributed by atoms with van der Waals surface area (Å²) in [5.74, 6) is 0.687. The molecule has 2 bridgehead atoms. The minimum atomic E-state index is -1.02. The number of rotatable bonds is 6. The molecule has 3 atom stereocenters. The van der Waals surface area contributed by atoms with Gasteiger partial charge in [0.2, 0.25) is 0 Å². The number of ether oxygens (including phenoxy) is 1. The number of para-hydroxylation sites is 1. The number of fused-ring (bicyclic) bond motifs is 2. The van der Waals surface area contributed by atoms with Gasteiger partial charge in [-0.3, -0.25) is 5.43 Å². The summed E-state index contributed by atoms with van der Waals surface area (Å²) >= 11 is 5.33. The SMILES string of the molecule is CC(=NNC(=S)N[C@@H]1C[C@H]2C=C[C@H]1C2)c1ccccc1OCC(=O)O. The van der Waals surface area contributed by atoms with E-state index in [-0.39, 0.29) is 0 Å². The first-order valence-corrected chi connectivity index (χ1v) is 8.67. The number of aliphatic carboxylic acids is 1. The Bertz CT molecular complexity index is 732. The Morgan fingerprint density at radius 2 is 2.16 bits per heavy atom. The lowest BCUT2D eigenvalue weighted by Crippen LogP contribution is -2.42. The molecule has 3 N–H and O–H groups in total. The molecule has 0 amide bonds. The molecule has 6 nitrogen and oxygen atoms in total. The molecule has 25 heavy (non-hydrogen) atoms. The van der Waals surface area contributed by atoms with Crippen LogP contribution < -0.4 is 15.5 Å². The molecule has 2 aliphatic carbocycles. The van der Waals surface area contributed by atoms with Gasteiger partial charge < -0.3 is 15.2 Å². The van der Waals surface area contributed by atoms with Crippen molar-refractivity contribution in [1.29, 1.82) is 0 Å². The maximum atomic E-state index is 10.7. The number of thiocarbonyl (C=S) groups is 1. The second-order valence-corrected chi connectivity index (χ2v) is 6.76. The van der Waals surface area contributed by atoms with E-state index in [1.54, 1.807) is 12.1 Å². The monoisotopic (exact) mass is 359 g/mol. The molecule has 0 unspecified atom stereocenters. The molecule has 1 aromatic rings. The number of nitrogens with one attached hydrogen (secondary N) is 2. The summed E-state index contributed by atoms with van der Waals surface area (Å²) in [4.78, 5) is 10.7. The van der Waals surface area contributed by atoms with E-state index in [0.717, 1.165) is 12.0 Å². The number of hydrogen-bond donors (Lipinski definition) is 3. The molecule has 2 aliphatic rings. The lowest BCUT2D eigenvalue weighted by atomic mass is 10.0. The van der Waals surface area contributed by atoms with Gasteiger partial charge in [0, 0.05) is 11.6 Å². The minimum Gasteiger partial charge on any atom is -0.481 e. The topological polar surface area (TPSA) is 83.0 Å². The van der Waals surface area contributed by atoms with Crippen LogP contribution >= 0.6 is 12.2 Å². The van der Waals surface area contributed by atoms with Crippen LogP contribution in [0.25, 0.3) is 0 Å². The lowest BCUT2D eigenvalue weighted by Gasteiger charge is -2.21. The van der Waals surface area contributed by atoms with Crippen molar-refractivity contribution in [2.24, 2.45) is 16.9 Å².